The van der Waals surface area contributed by atoms with E-state index in [0.717, 1.165) is 29.1 Å². The fraction of sp³-hybridized carbons (Fsp3) is 0.308. The van der Waals surface area contributed by atoms with E-state index in [1.54, 1.807) is 6.07 Å². The second kappa shape index (κ2) is 9.62. The molecular formula is C26H26Cl2N4. The van der Waals surface area contributed by atoms with Crippen LogP contribution in [0.2, 0.25) is 10.0 Å². The first-order valence-corrected chi connectivity index (χ1v) is 12.0. The zero-order chi connectivity index (χ0) is 21.9. The van der Waals surface area contributed by atoms with Gasteiger partial charge >= 0.3 is 0 Å². The lowest BCUT2D eigenvalue weighted by molar-refractivity contribution is 0.334. The molecule has 6 heteroatoms. The van der Waals surface area contributed by atoms with Crippen LogP contribution in [-0.2, 0) is 12.8 Å². The Morgan fingerprint density at radius 1 is 0.844 bits per heavy atom. The molecule has 0 unspecified atom stereocenters. The van der Waals surface area contributed by atoms with Crippen molar-refractivity contribution in [2.45, 2.75) is 32.1 Å². The predicted molar refractivity (Wildman–Crippen MR) is 132 cm³/mol. The maximum atomic E-state index is 6.21. The quantitative estimate of drug-likeness (QED) is 0.320. The van der Waals surface area contributed by atoms with Gasteiger partial charge in [0.25, 0.3) is 0 Å². The van der Waals surface area contributed by atoms with E-state index < -0.39 is 0 Å². The molecule has 164 valence electrons. The van der Waals surface area contributed by atoms with E-state index in [-0.39, 0.29) is 0 Å². The Balaban J connectivity index is 1.29. The molecule has 1 aliphatic rings. The van der Waals surface area contributed by atoms with Crippen molar-refractivity contribution in [3.63, 3.8) is 0 Å². The van der Waals surface area contributed by atoms with Crippen LogP contribution in [0.4, 0.5) is 0 Å². The Bertz CT molecular complexity index is 1190. The summed E-state index contributed by atoms with van der Waals surface area (Å²) in [4.78, 5) is 7.31. The average Bonchev–Trinajstić information content (AvgIpc) is 3.43. The van der Waals surface area contributed by atoms with Gasteiger partial charge in [0.1, 0.15) is 0 Å². The molecule has 2 aromatic carbocycles. The Labute approximate surface area is 198 Å². The molecule has 5 rings (SSSR count). The monoisotopic (exact) mass is 464 g/mol. The maximum Gasteiger partial charge on any atom is 0.156 e. The highest BCUT2D eigenvalue weighted by Gasteiger charge is 2.12. The number of pyridine rings is 1. The molecule has 0 atom stereocenters. The summed E-state index contributed by atoms with van der Waals surface area (Å²) < 4.78 is 1.87. The van der Waals surface area contributed by atoms with Gasteiger partial charge in [0, 0.05) is 22.0 Å². The highest BCUT2D eigenvalue weighted by Crippen LogP contribution is 2.27. The highest BCUT2D eigenvalue weighted by atomic mass is 35.5. The topological polar surface area (TPSA) is 33.4 Å². The summed E-state index contributed by atoms with van der Waals surface area (Å²) in [5, 5.41) is 5.98. The largest absolute Gasteiger partial charge is 0.303 e. The third-order valence-corrected chi connectivity index (χ3v) is 6.52. The number of nitrogens with zero attached hydrogens (tertiary/aromatic N) is 4. The van der Waals surface area contributed by atoms with Gasteiger partial charge in [-0.1, -0.05) is 53.5 Å². The fourth-order valence-corrected chi connectivity index (χ4v) is 4.99. The van der Waals surface area contributed by atoms with Crippen LogP contribution < -0.4 is 0 Å². The summed E-state index contributed by atoms with van der Waals surface area (Å²) in [6.07, 6.45) is 5.78. The predicted octanol–water partition coefficient (Wildman–Crippen LogP) is 6.32. The highest BCUT2D eigenvalue weighted by molar-refractivity contribution is 6.35. The molecule has 4 nitrogen and oxygen atoms in total. The standard InChI is InChI=1S/C26H26Cl2N4/c27-22-16-21(17-23(28)18-22)24-6-3-7-26-29-25(30-32(24)26)15-20-10-8-19(9-11-20)5-4-14-31-12-1-2-13-31/h3,6-11,16-18H,1-2,4-5,12-15H2. The average molecular weight is 465 g/mol. The van der Waals surface area contributed by atoms with Gasteiger partial charge in [-0.15, -0.1) is 0 Å². The first-order chi connectivity index (χ1) is 15.6. The zero-order valence-corrected chi connectivity index (χ0v) is 19.5. The molecule has 2 aromatic heterocycles. The number of halogens is 2. The molecule has 0 amide bonds. The molecule has 32 heavy (non-hydrogen) atoms. The molecular weight excluding hydrogens is 439 g/mol. The molecule has 0 bridgehead atoms. The van der Waals surface area contributed by atoms with Gasteiger partial charge in [0.15, 0.2) is 11.5 Å². The van der Waals surface area contributed by atoms with Crippen molar-refractivity contribution < 1.29 is 0 Å². The molecule has 0 radical (unpaired) electrons. The lowest BCUT2D eigenvalue weighted by atomic mass is 10.1. The molecule has 1 saturated heterocycles. The van der Waals surface area contributed by atoms with E-state index in [1.807, 2.05) is 34.8 Å². The van der Waals surface area contributed by atoms with Crippen LogP contribution in [-0.4, -0.2) is 39.1 Å². The van der Waals surface area contributed by atoms with Crippen molar-refractivity contribution in [3.05, 3.63) is 87.7 Å². The smallest absolute Gasteiger partial charge is 0.156 e. The first-order valence-electron chi connectivity index (χ1n) is 11.3. The number of hydrogen-bond donors (Lipinski definition) is 0. The van der Waals surface area contributed by atoms with Crippen LogP contribution in [0.3, 0.4) is 0 Å². The number of aryl methyl sites for hydroxylation is 1. The summed E-state index contributed by atoms with van der Waals surface area (Å²) in [6.45, 7) is 3.77. The molecule has 0 spiro atoms. The number of hydrogen-bond acceptors (Lipinski definition) is 3. The molecule has 1 fully saturated rings. The maximum absolute atomic E-state index is 6.21. The Morgan fingerprint density at radius 2 is 1.56 bits per heavy atom. The van der Waals surface area contributed by atoms with Crippen molar-refractivity contribution in [1.82, 2.24) is 19.5 Å². The van der Waals surface area contributed by atoms with Crippen molar-refractivity contribution in [3.8, 4) is 11.3 Å². The second-order valence-corrected chi connectivity index (χ2v) is 9.39. The minimum atomic E-state index is 0.602. The summed E-state index contributed by atoms with van der Waals surface area (Å²) in [5.41, 5.74) is 5.27. The Hall–Kier alpha value is -2.40. The number of aromatic nitrogens is 3. The van der Waals surface area contributed by atoms with E-state index in [2.05, 4.69) is 29.2 Å². The molecule has 4 aromatic rings. The van der Waals surface area contributed by atoms with Crippen LogP contribution in [0.15, 0.2) is 60.7 Å². The van der Waals surface area contributed by atoms with Crippen molar-refractivity contribution in [2.75, 3.05) is 19.6 Å². The Morgan fingerprint density at radius 3 is 2.31 bits per heavy atom. The van der Waals surface area contributed by atoms with Gasteiger partial charge in [0.05, 0.1) is 5.69 Å². The van der Waals surface area contributed by atoms with Gasteiger partial charge in [-0.05, 0) is 86.8 Å². The summed E-state index contributed by atoms with van der Waals surface area (Å²) in [6, 6.07) is 20.4. The van der Waals surface area contributed by atoms with Crippen molar-refractivity contribution in [1.29, 1.82) is 0 Å². The molecule has 3 heterocycles. The van der Waals surface area contributed by atoms with Gasteiger partial charge in [-0.2, -0.15) is 5.10 Å². The van der Waals surface area contributed by atoms with Crippen molar-refractivity contribution in [2.24, 2.45) is 0 Å². The van der Waals surface area contributed by atoms with E-state index in [9.17, 15) is 0 Å². The van der Waals surface area contributed by atoms with Crippen LogP contribution >= 0.6 is 23.2 Å². The van der Waals surface area contributed by atoms with E-state index in [4.69, 9.17) is 33.3 Å². The minimum absolute atomic E-state index is 0.602. The zero-order valence-electron chi connectivity index (χ0n) is 18.0. The summed E-state index contributed by atoms with van der Waals surface area (Å²) in [5.74, 6) is 0.798. The molecule has 0 N–H and O–H groups in total. The summed E-state index contributed by atoms with van der Waals surface area (Å²) in [7, 11) is 0. The molecule has 1 aliphatic heterocycles. The number of likely N-dealkylation sites (tertiary alicyclic amines) is 1. The van der Waals surface area contributed by atoms with Crippen molar-refractivity contribution >= 4 is 28.8 Å². The van der Waals surface area contributed by atoms with E-state index in [0.29, 0.717) is 16.5 Å². The third-order valence-electron chi connectivity index (χ3n) is 6.09. The lowest BCUT2D eigenvalue weighted by Gasteiger charge is -2.13. The second-order valence-electron chi connectivity index (χ2n) is 8.51. The minimum Gasteiger partial charge on any atom is -0.303 e. The molecule has 0 aliphatic carbocycles. The number of fused-ring (bicyclic) bond motifs is 1. The van der Waals surface area contributed by atoms with E-state index in [1.165, 1.54) is 50.0 Å². The van der Waals surface area contributed by atoms with Gasteiger partial charge in [0.2, 0.25) is 0 Å². The number of rotatable bonds is 7. The van der Waals surface area contributed by atoms with Crippen LogP contribution in [0, 0.1) is 0 Å². The van der Waals surface area contributed by atoms with E-state index >= 15 is 0 Å². The first kappa shape index (κ1) is 21.4. The van der Waals surface area contributed by atoms with Gasteiger partial charge in [-0.25, -0.2) is 9.50 Å². The van der Waals surface area contributed by atoms with Gasteiger partial charge in [-0.3, -0.25) is 0 Å². The van der Waals surface area contributed by atoms with Crippen LogP contribution in [0.25, 0.3) is 16.9 Å². The summed E-state index contributed by atoms with van der Waals surface area (Å²) >= 11 is 12.4. The van der Waals surface area contributed by atoms with Crippen LogP contribution in [0.1, 0.15) is 36.2 Å². The fourth-order valence-electron chi connectivity index (χ4n) is 4.46. The SMILES string of the molecule is Clc1cc(Cl)cc(-c2cccc3nc(Cc4ccc(CCCN5CCCC5)cc4)nn23)c1. The normalized spacial score (nSPS) is 14.4. The Kier molecular flexibility index (Phi) is 6.44. The lowest BCUT2D eigenvalue weighted by Crippen LogP contribution is -2.20. The third kappa shape index (κ3) is 4.98. The number of benzene rings is 2. The van der Waals surface area contributed by atoms with Gasteiger partial charge < -0.3 is 4.90 Å². The molecule has 0 saturated carbocycles. The van der Waals surface area contributed by atoms with Crippen LogP contribution in [0.5, 0.6) is 0 Å².